The van der Waals surface area contributed by atoms with Crippen molar-refractivity contribution in [2.24, 2.45) is 0 Å². The predicted molar refractivity (Wildman–Crippen MR) is 101 cm³/mol. The first kappa shape index (κ1) is 19.1. The van der Waals surface area contributed by atoms with E-state index in [2.05, 4.69) is 0 Å². The van der Waals surface area contributed by atoms with Crippen LogP contribution in [0.3, 0.4) is 0 Å². The standard InChI is InChI=1S/C17H15NO7S2/c1-3-4-10-7-15(19)25-14-8-11(5-6-12(10)14)24-17-13(18(20)21)9-16(26-17)27(2,22)23/h5-9H,3-4H2,1-2H3. The number of nitrogens with zero attached hydrogens (tertiary/aromatic N) is 1. The molecule has 0 aliphatic heterocycles. The van der Waals surface area contributed by atoms with Crippen LogP contribution >= 0.6 is 11.3 Å². The molecule has 0 saturated carbocycles. The van der Waals surface area contributed by atoms with Crippen LogP contribution < -0.4 is 10.4 Å². The molecule has 0 aliphatic carbocycles. The number of sulfone groups is 1. The van der Waals surface area contributed by atoms with E-state index in [1.165, 1.54) is 12.1 Å². The largest absolute Gasteiger partial charge is 0.440 e. The van der Waals surface area contributed by atoms with Gasteiger partial charge in [-0.2, -0.15) is 0 Å². The molecule has 142 valence electrons. The summed E-state index contributed by atoms with van der Waals surface area (Å²) < 4.78 is 33.9. The smallest absolute Gasteiger partial charge is 0.336 e. The van der Waals surface area contributed by atoms with Crippen LogP contribution in [0.15, 0.2) is 43.8 Å². The third kappa shape index (κ3) is 4.01. The Labute approximate surface area is 158 Å². The summed E-state index contributed by atoms with van der Waals surface area (Å²) in [5.74, 6) is 0.198. The Morgan fingerprint density at radius 2 is 2.00 bits per heavy atom. The van der Waals surface area contributed by atoms with E-state index < -0.39 is 26.1 Å². The van der Waals surface area contributed by atoms with Crippen molar-refractivity contribution >= 4 is 37.8 Å². The van der Waals surface area contributed by atoms with E-state index >= 15 is 0 Å². The van der Waals surface area contributed by atoms with Crippen molar-refractivity contribution in [2.75, 3.05) is 6.26 Å². The Hall–Kier alpha value is -2.72. The van der Waals surface area contributed by atoms with Gasteiger partial charge in [0.25, 0.3) is 5.06 Å². The topological polar surface area (TPSA) is 117 Å². The fraction of sp³-hybridized carbons (Fsp3) is 0.235. The third-order valence-electron chi connectivity index (χ3n) is 3.75. The molecule has 0 atom stereocenters. The van der Waals surface area contributed by atoms with Crippen molar-refractivity contribution in [1.82, 2.24) is 0 Å². The summed E-state index contributed by atoms with van der Waals surface area (Å²) in [6.07, 6.45) is 2.52. The summed E-state index contributed by atoms with van der Waals surface area (Å²) in [5, 5.41) is 11.8. The monoisotopic (exact) mass is 409 g/mol. The van der Waals surface area contributed by atoms with Crippen molar-refractivity contribution < 1.29 is 22.5 Å². The lowest BCUT2D eigenvalue weighted by atomic mass is 10.1. The number of hydrogen-bond donors (Lipinski definition) is 0. The van der Waals surface area contributed by atoms with E-state index in [9.17, 15) is 23.3 Å². The van der Waals surface area contributed by atoms with Gasteiger partial charge in [0, 0.05) is 29.8 Å². The number of hydrogen-bond acceptors (Lipinski definition) is 8. The molecule has 8 nitrogen and oxygen atoms in total. The Kier molecular flexibility index (Phi) is 5.03. The van der Waals surface area contributed by atoms with Crippen LogP contribution in [-0.4, -0.2) is 19.6 Å². The van der Waals surface area contributed by atoms with Gasteiger partial charge in [-0.15, -0.1) is 0 Å². The summed E-state index contributed by atoms with van der Waals surface area (Å²) in [5.41, 5.74) is 0.203. The minimum absolute atomic E-state index is 0.160. The van der Waals surface area contributed by atoms with E-state index in [1.807, 2.05) is 6.92 Å². The van der Waals surface area contributed by atoms with E-state index in [0.29, 0.717) is 23.3 Å². The molecule has 0 unspecified atom stereocenters. The van der Waals surface area contributed by atoms with Crippen LogP contribution in [0.5, 0.6) is 10.8 Å². The normalized spacial score (nSPS) is 11.6. The molecule has 0 N–H and O–H groups in total. The van der Waals surface area contributed by atoms with Crippen LogP contribution in [0, 0.1) is 10.1 Å². The maximum Gasteiger partial charge on any atom is 0.336 e. The minimum Gasteiger partial charge on any atom is -0.440 e. The lowest BCUT2D eigenvalue weighted by Gasteiger charge is -2.07. The SMILES string of the molecule is CCCc1cc(=O)oc2cc(Oc3sc(S(C)(=O)=O)cc3[N+](=O)[O-])ccc12. The number of fused-ring (bicyclic) bond motifs is 1. The van der Waals surface area contributed by atoms with Crippen molar-refractivity contribution in [3.8, 4) is 10.8 Å². The average molecular weight is 409 g/mol. The highest BCUT2D eigenvalue weighted by Crippen LogP contribution is 2.42. The second-order valence-corrected chi connectivity index (χ2v) is 9.13. The fourth-order valence-electron chi connectivity index (χ4n) is 2.58. The van der Waals surface area contributed by atoms with Crippen molar-refractivity contribution in [3.63, 3.8) is 0 Å². The highest BCUT2D eigenvalue weighted by atomic mass is 32.2. The Morgan fingerprint density at radius 1 is 1.26 bits per heavy atom. The maximum absolute atomic E-state index is 11.7. The zero-order valence-electron chi connectivity index (χ0n) is 14.4. The van der Waals surface area contributed by atoms with Crippen LogP contribution in [0.2, 0.25) is 0 Å². The van der Waals surface area contributed by atoms with Gasteiger partial charge in [0.1, 0.15) is 15.5 Å². The molecule has 0 radical (unpaired) electrons. The summed E-state index contributed by atoms with van der Waals surface area (Å²) in [6.45, 7) is 1.99. The van der Waals surface area contributed by atoms with Gasteiger partial charge in [0.05, 0.1) is 4.92 Å². The lowest BCUT2D eigenvalue weighted by Crippen LogP contribution is -2.00. The molecule has 0 amide bonds. The summed E-state index contributed by atoms with van der Waals surface area (Å²) in [4.78, 5) is 22.2. The van der Waals surface area contributed by atoms with Gasteiger partial charge in [-0.25, -0.2) is 13.2 Å². The number of thiophene rings is 1. The highest BCUT2D eigenvalue weighted by molar-refractivity contribution is 7.92. The van der Waals surface area contributed by atoms with Gasteiger partial charge in [-0.1, -0.05) is 24.7 Å². The number of ether oxygens (including phenoxy) is 1. The number of nitro groups is 1. The Bertz CT molecular complexity index is 1190. The minimum atomic E-state index is -3.61. The molecule has 3 rings (SSSR count). The molecule has 2 aromatic heterocycles. The lowest BCUT2D eigenvalue weighted by molar-refractivity contribution is -0.385. The first-order valence-corrected chi connectivity index (χ1v) is 10.6. The van der Waals surface area contributed by atoms with Gasteiger partial charge < -0.3 is 9.15 Å². The van der Waals surface area contributed by atoms with Crippen molar-refractivity contribution in [3.05, 3.63) is 56.4 Å². The van der Waals surface area contributed by atoms with Crippen LogP contribution in [0.25, 0.3) is 11.0 Å². The van der Waals surface area contributed by atoms with E-state index in [-0.39, 0.29) is 15.0 Å². The fourth-order valence-corrected chi connectivity index (χ4v) is 4.47. The average Bonchev–Trinajstić information content (AvgIpc) is 2.99. The molecular weight excluding hydrogens is 394 g/mol. The zero-order valence-corrected chi connectivity index (χ0v) is 16.1. The number of benzene rings is 1. The molecule has 0 aliphatic rings. The first-order valence-electron chi connectivity index (χ1n) is 7.92. The molecular formula is C17H15NO7S2. The molecule has 0 bridgehead atoms. The van der Waals surface area contributed by atoms with Gasteiger partial charge in [0.2, 0.25) is 0 Å². The van der Waals surface area contributed by atoms with Crippen LogP contribution in [0.1, 0.15) is 18.9 Å². The van der Waals surface area contributed by atoms with Crippen molar-refractivity contribution in [2.45, 2.75) is 24.0 Å². The van der Waals surface area contributed by atoms with Gasteiger partial charge in [-0.05, 0) is 24.1 Å². The van der Waals surface area contributed by atoms with Gasteiger partial charge in [0.15, 0.2) is 9.84 Å². The van der Waals surface area contributed by atoms with E-state index in [0.717, 1.165) is 29.7 Å². The molecule has 3 aromatic rings. The van der Waals surface area contributed by atoms with Crippen LogP contribution in [0.4, 0.5) is 5.69 Å². The third-order valence-corrected chi connectivity index (χ3v) is 6.55. The quantitative estimate of drug-likeness (QED) is 0.344. The molecule has 0 saturated heterocycles. The molecule has 27 heavy (non-hydrogen) atoms. The summed E-state index contributed by atoms with van der Waals surface area (Å²) in [6, 6.07) is 7.16. The second-order valence-electron chi connectivity index (χ2n) is 5.87. The highest BCUT2D eigenvalue weighted by Gasteiger charge is 2.25. The Balaban J connectivity index is 2.06. The van der Waals surface area contributed by atoms with Crippen molar-refractivity contribution in [1.29, 1.82) is 0 Å². The predicted octanol–water partition coefficient (Wildman–Crippen LogP) is 3.91. The van der Waals surface area contributed by atoms with Gasteiger partial charge >= 0.3 is 11.3 Å². The molecule has 1 aromatic carbocycles. The number of rotatable bonds is 6. The number of aryl methyl sites for hydroxylation is 1. The summed E-state index contributed by atoms with van der Waals surface area (Å²) in [7, 11) is -3.61. The Morgan fingerprint density at radius 3 is 2.63 bits per heavy atom. The maximum atomic E-state index is 11.7. The molecule has 0 spiro atoms. The van der Waals surface area contributed by atoms with Crippen LogP contribution in [-0.2, 0) is 16.3 Å². The zero-order chi connectivity index (χ0) is 19.8. The van der Waals surface area contributed by atoms with E-state index in [1.54, 1.807) is 12.1 Å². The summed E-state index contributed by atoms with van der Waals surface area (Å²) >= 11 is 0.665. The molecule has 2 heterocycles. The molecule has 0 fully saturated rings. The van der Waals surface area contributed by atoms with Gasteiger partial charge in [-0.3, -0.25) is 10.1 Å². The van der Waals surface area contributed by atoms with E-state index in [4.69, 9.17) is 9.15 Å². The molecule has 10 heteroatoms. The second kappa shape index (κ2) is 7.12. The first-order chi connectivity index (χ1) is 12.7.